The summed E-state index contributed by atoms with van der Waals surface area (Å²) in [4.78, 5) is 0.158. The SMILES string of the molecule is Cc1[nH]ncc1S(=O)(=O)NCCCS(C)=O. The van der Waals surface area contributed by atoms with Crippen LogP contribution in [0.25, 0.3) is 0 Å². The smallest absolute Gasteiger partial charge is 0.243 e. The molecule has 1 unspecified atom stereocenters. The number of H-pyrrole nitrogens is 1. The molecular weight excluding hydrogens is 250 g/mol. The molecule has 16 heavy (non-hydrogen) atoms. The second-order valence-electron chi connectivity index (χ2n) is 3.39. The fraction of sp³-hybridized carbons (Fsp3) is 0.625. The normalized spacial score (nSPS) is 13.9. The van der Waals surface area contributed by atoms with Crippen LogP contribution in [0, 0.1) is 6.92 Å². The number of hydrogen-bond acceptors (Lipinski definition) is 4. The zero-order chi connectivity index (χ0) is 12.2. The third-order valence-corrected chi connectivity index (χ3v) is 4.41. The lowest BCUT2D eigenvalue weighted by molar-refractivity contribution is 0.580. The van der Waals surface area contributed by atoms with Gasteiger partial charge in [0.1, 0.15) is 4.90 Å². The highest BCUT2D eigenvalue weighted by atomic mass is 32.2. The summed E-state index contributed by atoms with van der Waals surface area (Å²) < 4.78 is 36.6. The van der Waals surface area contributed by atoms with Crippen LogP contribution in [0.15, 0.2) is 11.1 Å². The molecule has 0 aliphatic carbocycles. The first kappa shape index (κ1) is 13.3. The molecule has 92 valence electrons. The second-order valence-corrected chi connectivity index (χ2v) is 6.68. The molecule has 1 rings (SSSR count). The van der Waals surface area contributed by atoms with Gasteiger partial charge in [0, 0.05) is 29.4 Å². The maximum atomic E-state index is 11.7. The van der Waals surface area contributed by atoms with Crippen molar-refractivity contribution in [2.45, 2.75) is 18.2 Å². The highest BCUT2D eigenvalue weighted by molar-refractivity contribution is 7.89. The maximum Gasteiger partial charge on any atom is 0.243 e. The van der Waals surface area contributed by atoms with E-state index < -0.39 is 20.8 Å². The molecule has 2 N–H and O–H groups in total. The molecule has 0 aliphatic heterocycles. The number of nitrogens with one attached hydrogen (secondary N) is 2. The van der Waals surface area contributed by atoms with Crippen LogP contribution >= 0.6 is 0 Å². The molecule has 6 nitrogen and oxygen atoms in total. The van der Waals surface area contributed by atoms with Gasteiger partial charge in [0.05, 0.1) is 11.9 Å². The average Bonchev–Trinajstić information content (AvgIpc) is 2.59. The van der Waals surface area contributed by atoms with Gasteiger partial charge in [0.2, 0.25) is 10.0 Å². The molecule has 1 heterocycles. The van der Waals surface area contributed by atoms with Crippen LogP contribution < -0.4 is 4.72 Å². The molecular formula is C8H15N3O3S2. The fourth-order valence-corrected chi connectivity index (χ4v) is 2.93. The predicted molar refractivity (Wildman–Crippen MR) is 62.1 cm³/mol. The van der Waals surface area contributed by atoms with Crippen molar-refractivity contribution in [1.29, 1.82) is 0 Å². The van der Waals surface area contributed by atoms with Crippen LogP contribution in [0.3, 0.4) is 0 Å². The maximum absolute atomic E-state index is 11.7. The lowest BCUT2D eigenvalue weighted by atomic mass is 10.5. The zero-order valence-electron chi connectivity index (χ0n) is 9.19. The van der Waals surface area contributed by atoms with Crippen LogP contribution in [0.1, 0.15) is 12.1 Å². The Labute approximate surface area is 97.3 Å². The van der Waals surface area contributed by atoms with E-state index >= 15 is 0 Å². The first-order chi connectivity index (χ1) is 7.43. The Hall–Kier alpha value is -0.730. The van der Waals surface area contributed by atoms with Crippen molar-refractivity contribution in [2.75, 3.05) is 18.6 Å². The van der Waals surface area contributed by atoms with Crippen molar-refractivity contribution >= 4 is 20.8 Å². The molecule has 1 aromatic rings. The Morgan fingerprint density at radius 2 is 2.25 bits per heavy atom. The summed E-state index contributed by atoms with van der Waals surface area (Å²) >= 11 is 0. The summed E-state index contributed by atoms with van der Waals surface area (Å²) in [6.45, 7) is 1.93. The van der Waals surface area contributed by atoms with Crippen LogP contribution in [-0.4, -0.2) is 41.4 Å². The molecule has 1 aromatic heterocycles. The quantitative estimate of drug-likeness (QED) is 0.695. The van der Waals surface area contributed by atoms with Crippen molar-refractivity contribution in [1.82, 2.24) is 14.9 Å². The summed E-state index contributed by atoms with van der Waals surface area (Å²) in [5.74, 6) is 0.493. The lowest BCUT2D eigenvalue weighted by Gasteiger charge is -2.04. The van der Waals surface area contributed by atoms with E-state index in [4.69, 9.17) is 0 Å². The van der Waals surface area contributed by atoms with Crippen molar-refractivity contribution in [2.24, 2.45) is 0 Å². The minimum Gasteiger partial charge on any atom is -0.281 e. The van der Waals surface area contributed by atoms with E-state index in [-0.39, 0.29) is 11.4 Å². The van der Waals surface area contributed by atoms with Gasteiger partial charge in [-0.3, -0.25) is 9.31 Å². The molecule has 0 saturated carbocycles. The van der Waals surface area contributed by atoms with Crippen molar-refractivity contribution in [3.8, 4) is 0 Å². The number of hydrogen-bond donors (Lipinski definition) is 2. The Balaban J connectivity index is 2.54. The fourth-order valence-electron chi connectivity index (χ4n) is 1.17. The molecule has 1 atom stereocenters. The lowest BCUT2D eigenvalue weighted by Crippen LogP contribution is -2.26. The van der Waals surface area contributed by atoms with Gasteiger partial charge in [-0.2, -0.15) is 5.10 Å². The summed E-state index contributed by atoms with van der Waals surface area (Å²) in [6, 6.07) is 0. The zero-order valence-corrected chi connectivity index (χ0v) is 10.8. The van der Waals surface area contributed by atoms with Gasteiger partial charge in [-0.25, -0.2) is 13.1 Å². The monoisotopic (exact) mass is 265 g/mol. The molecule has 0 aromatic carbocycles. The van der Waals surface area contributed by atoms with Crippen molar-refractivity contribution < 1.29 is 12.6 Å². The van der Waals surface area contributed by atoms with Gasteiger partial charge in [0.25, 0.3) is 0 Å². The van der Waals surface area contributed by atoms with Crippen molar-refractivity contribution in [3.63, 3.8) is 0 Å². The van der Waals surface area contributed by atoms with Gasteiger partial charge < -0.3 is 0 Å². The minimum atomic E-state index is -3.49. The first-order valence-corrected chi connectivity index (χ1v) is 7.94. The topological polar surface area (TPSA) is 91.9 Å². The number of nitrogens with zero attached hydrogens (tertiary/aromatic N) is 1. The predicted octanol–water partition coefficient (Wildman–Crippen LogP) is -0.235. The highest BCUT2D eigenvalue weighted by Crippen LogP contribution is 2.10. The Morgan fingerprint density at radius 3 is 2.75 bits per heavy atom. The van der Waals surface area contributed by atoms with E-state index in [1.165, 1.54) is 6.20 Å². The van der Waals surface area contributed by atoms with Gasteiger partial charge in [-0.05, 0) is 13.3 Å². The number of rotatable bonds is 6. The average molecular weight is 265 g/mol. The summed E-state index contributed by atoms with van der Waals surface area (Å²) in [7, 11) is -4.38. The van der Waals surface area contributed by atoms with E-state index in [1.54, 1.807) is 13.2 Å². The Morgan fingerprint density at radius 1 is 1.56 bits per heavy atom. The van der Waals surface area contributed by atoms with Gasteiger partial charge in [-0.15, -0.1) is 0 Å². The van der Waals surface area contributed by atoms with Gasteiger partial charge in [-0.1, -0.05) is 0 Å². The van der Waals surface area contributed by atoms with Gasteiger partial charge in [0.15, 0.2) is 0 Å². The largest absolute Gasteiger partial charge is 0.281 e. The third-order valence-electron chi connectivity index (χ3n) is 1.97. The van der Waals surface area contributed by atoms with E-state index in [0.717, 1.165) is 0 Å². The molecule has 0 spiro atoms. The van der Waals surface area contributed by atoms with E-state index in [1.807, 2.05) is 0 Å². The van der Waals surface area contributed by atoms with E-state index in [0.29, 0.717) is 17.9 Å². The standard InChI is InChI=1S/C8H15N3O3S2/c1-7-8(6-9-11-7)16(13,14)10-4-3-5-15(2)12/h6,10H,3-5H2,1-2H3,(H,9,11). The number of aromatic nitrogens is 2. The summed E-state index contributed by atoms with van der Waals surface area (Å²) in [5.41, 5.74) is 0.506. The number of aromatic amines is 1. The molecule has 0 saturated heterocycles. The summed E-state index contributed by atoms with van der Waals surface area (Å²) in [5, 5.41) is 6.22. The highest BCUT2D eigenvalue weighted by Gasteiger charge is 2.17. The Kier molecular flexibility index (Phi) is 4.63. The molecule has 8 heteroatoms. The molecule has 0 amide bonds. The Bertz CT molecular complexity index is 467. The van der Waals surface area contributed by atoms with E-state index in [9.17, 15) is 12.6 Å². The van der Waals surface area contributed by atoms with Crippen molar-refractivity contribution in [3.05, 3.63) is 11.9 Å². The van der Waals surface area contributed by atoms with Crippen LogP contribution in [0.5, 0.6) is 0 Å². The van der Waals surface area contributed by atoms with E-state index in [2.05, 4.69) is 14.9 Å². The van der Waals surface area contributed by atoms with Crippen LogP contribution in [0.4, 0.5) is 0 Å². The molecule has 0 fully saturated rings. The summed E-state index contributed by atoms with van der Waals surface area (Å²) in [6.07, 6.45) is 3.42. The molecule has 0 aliphatic rings. The second kappa shape index (κ2) is 5.55. The molecule has 0 bridgehead atoms. The third kappa shape index (κ3) is 3.69. The van der Waals surface area contributed by atoms with Crippen LogP contribution in [0.2, 0.25) is 0 Å². The minimum absolute atomic E-state index is 0.158. The number of aryl methyl sites for hydroxylation is 1. The molecule has 0 radical (unpaired) electrons. The van der Waals surface area contributed by atoms with Gasteiger partial charge >= 0.3 is 0 Å². The number of sulfonamides is 1. The van der Waals surface area contributed by atoms with Crippen LogP contribution in [-0.2, 0) is 20.8 Å². The first-order valence-electron chi connectivity index (χ1n) is 4.73.